The first-order chi connectivity index (χ1) is 22.1. The summed E-state index contributed by atoms with van der Waals surface area (Å²) in [6.07, 6.45) is 0.570. The van der Waals surface area contributed by atoms with E-state index in [9.17, 15) is 31.9 Å². The Labute approximate surface area is 261 Å². The molecular formula is C32H32F4N4O6. The number of fused-ring (bicyclic) bond motifs is 4. The number of hydrogen-bond acceptors (Lipinski definition) is 7. The lowest BCUT2D eigenvalue weighted by atomic mass is 10.0. The molecule has 0 aliphatic carbocycles. The first-order valence-corrected chi connectivity index (χ1v) is 14.6. The molecule has 5 rings (SSSR count). The lowest BCUT2D eigenvalue weighted by molar-refractivity contribution is 0.0387. The van der Waals surface area contributed by atoms with Gasteiger partial charge in [-0.05, 0) is 36.9 Å². The molecule has 3 aromatic rings. The molecule has 1 aromatic heterocycles. The number of carbonyl (C=O) groups excluding carboxylic acids is 2. The van der Waals surface area contributed by atoms with Gasteiger partial charge in [-0.2, -0.15) is 0 Å². The molecule has 3 atom stereocenters. The van der Waals surface area contributed by atoms with Crippen molar-refractivity contribution >= 4 is 17.7 Å². The minimum absolute atomic E-state index is 0.0947. The van der Waals surface area contributed by atoms with Gasteiger partial charge in [0, 0.05) is 43.0 Å². The van der Waals surface area contributed by atoms with Gasteiger partial charge in [-0.15, -0.1) is 0 Å². The van der Waals surface area contributed by atoms with Gasteiger partial charge in [0.2, 0.25) is 5.43 Å². The number of pyridine rings is 1. The molecule has 1 N–H and O–H groups in total. The Bertz CT molecular complexity index is 1680. The van der Waals surface area contributed by atoms with Gasteiger partial charge in [0.1, 0.15) is 36.2 Å². The maximum atomic E-state index is 14.7. The highest BCUT2D eigenvalue weighted by atomic mass is 19.1. The summed E-state index contributed by atoms with van der Waals surface area (Å²) < 4.78 is 69.0. The number of halogens is 4. The number of amides is 2. The largest absolute Gasteiger partial charge is 0.483 e. The average molecular weight is 645 g/mol. The number of methoxy groups -OCH3 is 1. The standard InChI is InChI=1S/C32H32F4N4O6/c1-18-7-6-10-24(34)31(44-2)38-46-17-21-14-39(18)32(43)27-29(45-16-19-8-4-3-5-9-19)28(41)23(15-40(21)27)30(42)37-13-22-25(35)11-20(33)12-26(22)36/h3-5,8-9,11-12,15,18,21,24H,6-7,10,13-14,16-17H2,1-2H3,(H,37,42)/b38-31+/t18-,21+,24-/m0/s1. The molecule has 0 fully saturated rings. The highest BCUT2D eigenvalue weighted by molar-refractivity contribution is 5.99. The highest BCUT2D eigenvalue weighted by Gasteiger charge is 2.39. The molecule has 14 heteroatoms. The van der Waals surface area contributed by atoms with E-state index in [2.05, 4.69) is 10.5 Å². The van der Waals surface area contributed by atoms with E-state index in [1.54, 1.807) is 35.2 Å². The van der Waals surface area contributed by atoms with Gasteiger partial charge in [-0.25, -0.2) is 17.6 Å². The lowest BCUT2D eigenvalue weighted by Crippen LogP contribution is -2.50. The van der Waals surface area contributed by atoms with Crippen LogP contribution in [0.3, 0.4) is 0 Å². The van der Waals surface area contributed by atoms with Crippen molar-refractivity contribution in [3.05, 3.63) is 98.7 Å². The Morgan fingerprint density at radius 3 is 2.52 bits per heavy atom. The molecule has 0 unspecified atom stereocenters. The van der Waals surface area contributed by atoms with Crippen molar-refractivity contribution in [3.8, 4) is 5.75 Å². The minimum atomic E-state index is -1.52. The van der Waals surface area contributed by atoms with Crippen molar-refractivity contribution in [2.24, 2.45) is 5.16 Å². The summed E-state index contributed by atoms with van der Waals surface area (Å²) in [5, 5.41) is 6.10. The second-order valence-corrected chi connectivity index (χ2v) is 11.1. The summed E-state index contributed by atoms with van der Waals surface area (Å²) in [5.74, 6) is -5.78. The van der Waals surface area contributed by atoms with Crippen LogP contribution in [0.5, 0.6) is 5.75 Å². The molecule has 2 aromatic carbocycles. The number of carbonyl (C=O) groups is 2. The zero-order chi connectivity index (χ0) is 33.0. The van der Waals surface area contributed by atoms with Crippen LogP contribution in [0.4, 0.5) is 17.6 Å². The van der Waals surface area contributed by atoms with E-state index in [4.69, 9.17) is 14.3 Å². The van der Waals surface area contributed by atoms with Gasteiger partial charge in [0.05, 0.1) is 13.2 Å². The maximum absolute atomic E-state index is 14.7. The lowest BCUT2D eigenvalue weighted by Gasteiger charge is -2.39. The van der Waals surface area contributed by atoms with Crippen LogP contribution in [-0.2, 0) is 22.7 Å². The summed E-state index contributed by atoms with van der Waals surface area (Å²) in [7, 11) is 1.27. The van der Waals surface area contributed by atoms with Crippen LogP contribution < -0.4 is 15.5 Å². The Morgan fingerprint density at radius 2 is 1.83 bits per heavy atom. The Morgan fingerprint density at radius 1 is 1.11 bits per heavy atom. The molecule has 2 aliphatic rings. The van der Waals surface area contributed by atoms with Gasteiger partial charge in [-0.1, -0.05) is 30.3 Å². The predicted molar refractivity (Wildman–Crippen MR) is 158 cm³/mol. The Kier molecular flexibility index (Phi) is 9.93. The molecule has 0 radical (unpaired) electrons. The van der Waals surface area contributed by atoms with E-state index >= 15 is 0 Å². The quantitative estimate of drug-likeness (QED) is 0.391. The van der Waals surface area contributed by atoms with E-state index in [0.29, 0.717) is 30.5 Å². The molecule has 0 saturated carbocycles. The Hall–Kier alpha value is -4.88. The molecular weight excluding hydrogens is 612 g/mol. The van der Waals surface area contributed by atoms with Crippen LogP contribution >= 0.6 is 0 Å². The highest BCUT2D eigenvalue weighted by Crippen LogP contribution is 2.31. The van der Waals surface area contributed by atoms with Crippen LogP contribution in [-0.4, -0.2) is 59.7 Å². The number of hydrogen-bond donors (Lipinski definition) is 1. The molecule has 244 valence electrons. The number of nitrogens with one attached hydrogen (secondary N) is 1. The van der Waals surface area contributed by atoms with Crippen LogP contribution in [0.2, 0.25) is 0 Å². The molecule has 3 heterocycles. The third kappa shape index (κ3) is 6.85. The van der Waals surface area contributed by atoms with Crippen molar-refractivity contribution in [1.29, 1.82) is 0 Å². The van der Waals surface area contributed by atoms with Crippen molar-refractivity contribution in [2.45, 2.75) is 57.6 Å². The SMILES string of the molecule is CO/C1=N/OC[C@H]2CN(C(=O)c3c(OCc4ccccc4)c(=O)c(C(=O)NCc4c(F)cc(F)cc4F)cn32)[C@@H](C)CCC[C@@H]1F. The molecule has 2 aliphatic heterocycles. The van der Waals surface area contributed by atoms with E-state index in [1.807, 2.05) is 6.92 Å². The fourth-order valence-corrected chi connectivity index (χ4v) is 5.46. The van der Waals surface area contributed by atoms with E-state index in [1.165, 1.54) is 11.7 Å². The predicted octanol–water partition coefficient (Wildman–Crippen LogP) is 4.66. The zero-order valence-electron chi connectivity index (χ0n) is 25.1. The van der Waals surface area contributed by atoms with Gasteiger partial charge in [0.15, 0.2) is 17.6 Å². The summed E-state index contributed by atoms with van der Waals surface area (Å²) >= 11 is 0. The van der Waals surface area contributed by atoms with Crippen molar-refractivity contribution in [1.82, 2.24) is 14.8 Å². The monoisotopic (exact) mass is 644 g/mol. The summed E-state index contributed by atoms with van der Waals surface area (Å²) in [6, 6.07) is 8.68. The van der Waals surface area contributed by atoms with Gasteiger partial charge < -0.3 is 29.1 Å². The average Bonchev–Trinajstić information content (AvgIpc) is 3.02. The van der Waals surface area contributed by atoms with Gasteiger partial charge >= 0.3 is 0 Å². The Balaban J connectivity index is 1.58. The third-order valence-corrected chi connectivity index (χ3v) is 7.97. The smallest absolute Gasteiger partial charge is 0.274 e. The molecule has 0 spiro atoms. The number of nitrogens with zero attached hydrogens (tertiary/aromatic N) is 3. The summed E-state index contributed by atoms with van der Waals surface area (Å²) in [4.78, 5) is 48.2. The van der Waals surface area contributed by atoms with Crippen molar-refractivity contribution in [3.63, 3.8) is 0 Å². The summed E-state index contributed by atoms with van der Waals surface area (Å²) in [5.41, 5.74) is -1.48. The summed E-state index contributed by atoms with van der Waals surface area (Å²) in [6.45, 7) is 0.875. The van der Waals surface area contributed by atoms with Crippen LogP contribution in [0.15, 0.2) is 58.6 Å². The van der Waals surface area contributed by atoms with E-state index in [0.717, 1.165) is 6.20 Å². The fourth-order valence-electron chi connectivity index (χ4n) is 5.46. The third-order valence-electron chi connectivity index (χ3n) is 7.97. The number of benzene rings is 2. The first kappa shape index (κ1) is 32.5. The molecule has 10 nitrogen and oxygen atoms in total. The maximum Gasteiger partial charge on any atom is 0.274 e. The fraction of sp³-hybridized carbons (Fsp3) is 0.375. The zero-order valence-corrected chi connectivity index (χ0v) is 25.1. The number of alkyl halides is 1. The second kappa shape index (κ2) is 14.0. The number of ether oxygens (including phenoxy) is 2. The van der Waals surface area contributed by atoms with E-state index < -0.39 is 70.3 Å². The van der Waals surface area contributed by atoms with Crippen molar-refractivity contribution < 1.29 is 41.5 Å². The van der Waals surface area contributed by atoms with E-state index in [-0.39, 0.29) is 43.8 Å². The van der Waals surface area contributed by atoms with Gasteiger partial charge in [-0.3, -0.25) is 14.4 Å². The number of aromatic nitrogens is 1. The molecule has 2 bridgehead atoms. The number of rotatable bonds is 6. The molecule has 2 amide bonds. The molecule has 46 heavy (non-hydrogen) atoms. The number of oxime groups is 1. The van der Waals surface area contributed by atoms with Crippen LogP contribution in [0.25, 0.3) is 0 Å². The van der Waals surface area contributed by atoms with Crippen LogP contribution in [0, 0.1) is 17.5 Å². The topological polar surface area (TPSA) is 111 Å². The van der Waals surface area contributed by atoms with Gasteiger partial charge in [0.25, 0.3) is 17.7 Å². The first-order valence-electron chi connectivity index (χ1n) is 14.6. The second-order valence-electron chi connectivity index (χ2n) is 11.1. The van der Waals surface area contributed by atoms with Crippen molar-refractivity contribution in [2.75, 3.05) is 20.3 Å². The minimum Gasteiger partial charge on any atom is -0.483 e. The molecule has 0 saturated heterocycles. The van der Waals surface area contributed by atoms with Crippen LogP contribution in [0.1, 0.15) is 64.2 Å². The normalized spacial score (nSPS) is 21.1.